The first-order chi connectivity index (χ1) is 8.52. The first-order valence-electron chi connectivity index (χ1n) is 5.02. The van der Waals surface area contributed by atoms with E-state index in [4.69, 9.17) is 16.6 Å². The first kappa shape index (κ1) is 12.8. The minimum Gasteiger partial charge on any atom is -0.401 e. The van der Waals surface area contributed by atoms with Gasteiger partial charge in [-0.25, -0.2) is 0 Å². The largest absolute Gasteiger partial charge is 0.433 e. The smallest absolute Gasteiger partial charge is 0.401 e. The van der Waals surface area contributed by atoms with Crippen molar-refractivity contribution in [3.8, 4) is 0 Å². The molecule has 2 heterocycles. The third kappa shape index (κ3) is 2.29. The lowest BCUT2D eigenvalue weighted by Gasteiger charge is -2.09. The number of thioether (sulfide) groups is 1. The number of hydrogen-bond donors (Lipinski definition) is 0. The quantitative estimate of drug-likeness (QED) is 0.367. The van der Waals surface area contributed by atoms with Gasteiger partial charge < -0.3 is 4.42 Å². The Morgan fingerprint density at radius 1 is 1.61 bits per heavy atom. The summed E-state index contributed by atoms with van der Waals surface area (Å²) in [6, 6.07) is 2.68. The van der Waals surface area contributed by atoms with Gasteiger partial charge in [-0.3, -0.25) is 19.8 Å². The van der Waals surface area contributed by atoms with Crippen LogP contribution in [0.5, 0.6) is 0 Å². The van der Waals surface area contributed by atoms with Gasteiger partial charge in [0, 0.05) is 12.6 Å². The van der Waals surface area contributed by atoms with Crippen LogP contribution in [0.15, 0.2) is 21.5 Å². The Hall–Kier alpha value is -1.67. The SMILES string of the molecule is CCN1C(=O)/C(=C/c2ccc([N+](=O)[O-])o2)SC1=S. The van der Waals surface area contributed by atoms with E-state index < -0.39 is 4.92 Å². The fourth-order valence-corrected chi connectivity index (χ4v) is 2.78. The first-order valence-corrected chi connectivity index (χ1v) is 6.25. The van der Waals surface area contributed by atoms with E-state index in [0.29, 0.717) is 15.8 Å². The predicted molar refractivity (Wildman–Crippen MR) is 70.9 cm³/mol. The average molecular weight is 284 g/mol. The lowest BCUT2D eigenvalue weighted by molar-refractivity contribution is -0.402. The van der Waals surface area contributed by atoms with Gasteiger partial charge in [0.05, 0.1) is 11.0 Å². The van der Waals surface area contributed by atoms with E-state index in [2.05, 4.69) is 0 Å². The van der Waals surface area contributed by atoms with E-state index in [1.807, 2.05) is 6.92 Å². The molecule has 0 radical (unpaired) electrons. The van der Waals surface area contributed by atoms with Crippen molar-refractivity contribution >= 4 is 46.2 Å². The zero-order valence-corrected chi connectivity index (χ0v) is 10.9. The molecule has 94 valence electrons. The molecule has 0 saturated carbocycles. The Balaban J connectivity index is 2.26. The van der Waals surface area contributed by atoms with Gasteiger partial charge >= 0.3 is 5.88 Å². The fraction of sp³-hybridized carbons (Fsp3) is 0.200. The molecule has 1 aromatic heterocycles. The van der Waals surface area contributed by atoms with Gasteiger partial charge in [0.25, 0.3) is 5.91 Å². The summed E-state index contributed by atoms with van der Waals surface area (Å²) in [7, 11) is 0. The molecule has 6 nitrogen and oxygen atoms in total. The summed E-state index contributed by atoms with van der Waals surface area (Å²) in [6.45, 7) is 2.33. The van der Waals surface area contributed by atoms with Crippen molar-refractivity contribution in [1.29, 1.82) is 0 Å². The zero-order chi connectivity index (χ0) is 13.3. The number of nitro groups is 1. The van der Waals surface area contributed by atoms with Crippen molar-refractivity contribution in [3.63, 3.8) is 0 Å². The number of furan rings is 1. The number of rotatable bonds is 3. The molecular weight excluding hydrogens is 276 g/mol. The summed E-state index contributed by atoms with van der Waals surface area (Å²) in [5.41, 5.74) is 0. The van der Waals surface area contributed by atoms with Gasteiger partial charge in [0.15, 0.2) is 0 Å². The number of hydrogen-bond acceptors (Lipinski definition) is 6. The van der Waals surface area contributed by atoms with Crippen LogP contribution in [-0.2, 0) is 4.79 Å². The van der Waals surface area contributed by atoms with Gasteiger partial charge in [0.1, 0.15) is 15.0 Å². The minimum absolute atomic E-state index is 0.202. The molecule has 0 aliphatic carbocycles. The standard InChI is InChI=1S/C10H8N2O4S2/c1-2-11-9(13)7(18-10(11)17)5-6-3-4-8(16-6)12(14)15/h3-5H,2H2,1H3/b7-5-. The summed E-state index contributed by atoms with van der Waals surface area (Å²) < 4.78 is 5.44. The van der Waals surface area contributed by atoms with Crippen LogP contribution >= 0.6 is 24.0 Å². The Labute approximate surface area is 112 Å². The number of thiocarbonyl (C=S) groups is 1. The summed E-state index contributed by atoms with van der Waals surface area (Å²) in [5.74, 6) is -0.294. The van der Waals surface area contributed by atoms with E-state index >= 15 is 0 Å². The van der Waals surface area contributed by atoms with Crippen molar-refractivity contribution in [2.45, 2.75) is 6.92 Å². The molecule has 8 heteroatoms. The van der Waals surface area contributed by atoms with Crippen LogP contribution in [0.4, 0.5) is 5.88 Å². The molecule has 0 N–H and O–H groups in total. The maximum atomic E-state index is 11.9. The molecule has 0 atom stereocenters. The van der Waals surface area contributed by atoms with E-state index in [9.17, 15) is 14.9 Å². The zero-order valence-electron chi connectivity index (χ0n) is 9.28. The van der Waals surface area contributed by atoms with Crippen LogP contribution in [-0.4, -0.2) is 26.6 Å². The Bertz CT molecular complexity index is 564. The van der Waals surface area contributed by atoms with Crippen molar-refractivity contribution in [3.05, 3.63) is 32.9 Å². The van der Waals surface area contributed by atoms with E-state index in [1.54, 1.807) is 0 Å². The highest BCUT2D eigenvalue weighted by Gasteiger charge is 2.31. The summed E-state index contributed by atoms with van der Waals surface area (Å²) in [5, 5.41) is 10.5. The average Bonchev–Trinajstić information content (AvgIpc) is 2.86. The third-order valence-corrected chi connectivity index (χ3v) is 3.63. The van der Waals surface area contributed by atoms with Gasteiger partial charge in [-0.2, -0.15) is 0 Å². The maximum absolute atomic E-state index is 11.9. The molecule has 1 fully saturated rings. The number of carbonyl (C=O) groups excluding carboxylic acids is 1. The second-order valence-electron chi connectivity index (χ2n) is 3.36. The molecule has 18 heavy (non-hydrogen) atoms. The highest BCUT2D eigenvalue weighted by atomic mass is 32.2. The maximum Gasteiger partial charge on any atom is 0.433 e. The highest BCUT2D eigenvalue weighted by Crippen LogP contribution is 2.32. The van der Waals surface area contributed by atoms with Crippen molar-refractivity contribution < 1.29 is 14.1 Å². The number of carbonyl (C=O) groups is 1. The minimum atomic E-state index is -0.630. The molecule has 0 spiro atoms. The molecule has 1 saturated heterocycles. The van der Waals surface area contributed by atoms with E-state index in [-0.39, 0.29) is 17.6 Å². The van der Waals surface area contributed by atoms with Gasteiger partial charge in [0.2, 0.25) is 0 Å². The molecular formula is C10H8N2O4S2. The van der Waals surface area contributed by atoms with Crippen LogP contribution < -0.4 is 0 Å². The predicted octanol–water partition coefficient (Wildman–Crippen LogP) is 2.41. The third-order valence-electron chi connectivity index (χ3n) is 2.26. The molecule has 1 aromatic rings. The summed E-state index contributed by atoms with van der Waals surface area (Å²) in [6.07, 6.45) is 1.46. The number of likely N-dealkylation sites (N-methyl/N-ethyl adjacent to an activating group) is 1. The van der Waals surface area contributed by atoms with Crippen LogP contribution in [0, 0.1) is 10.1 Å². The molecule has 1 aliphatic rings. The van der Waals surface area contributed by atoms with Gasteiger partial charge in [-0.05, 0) is 13.0 Å². The summed E-state index contributed by atoms with van der Waals surface area (Å²) >= 11 is 6.20. The molecule has 1 amide bonds. The van der Waals surface area contributed by atoms with Gasteiger partial charge in [-0.15, -0.1) is 0 Å². The lowest BCUT2D eigenvalue weighted by atomic mass is 10.3. The number of amides is 1. The van der Waals surface area contributed by atoms with Crippen LogP contribution in [0.2, 0.25) is 0 Å². The topological polar surface area (TPSA) is 76.6 Å². The van der Waals surface area contributed by atoms with Crippen LogP contribution in [0.1, 0.15) is 12.7 Å². The second kappa shape index (κ2) is 4.91. The van der Waals surface area contributed by atoms with E-state index in [0.717, 1.165) is 11.8 Å². The Morgan fingerprint density at radius 2 is 2.33 bits per heavy atom. The van der Waals surface area contributed by atoms with Crippen LogP contribution in [0.3, 0.4) is 0 Å². The Morgan fingerprint density at radius 3 is 2.83 bits per heavy atom. The molecule has 2 rings (SSSR count). The van der Waals surface area contributed by atoms with Gasteiger partial charge in [-0.1, -0.05) is 24.0 Å². The van der Waals surface area contributed by atoms with Crippen molar-refractivity contribution in [1.82, 2.24) is 4.90 Å². The fourth-order valence-electron chi connectivity index (χ4n) is 1.42. The molecule has 0 unspecified atom stereocenters. The number of nitrogens with zero attached hydrogens (tertiary/aromatic N) is 2. The normalized spacial score (nSPS) is 17.8. The highest BCUT2D eigenvalue weighted by molar-refractivity contribution is 8.26. The van der Waals surface area contributed by atoms with Crippen molar-refractivity contribution in [2.75, 3.05) is 6.54 Å². The van der Waals surface area contributed by atoms with E-state index in [1.165, 1.54) is 23.1 Å². The molecule has 0 bridgehead atoms. The Kier molecular flexibility index (Phi) is 3.48. The molecule has 0 aromatic carbocycles. The summed E-state index contributed by atoms with van der Waals surface area (Å²) in [4.78, 5) is 23.6. The van der Waals surface area contributed by atoms with Crippen LogP contribution in [0.25, 0.3) is 6.08 Å². The van der Waals surface area contributed by atoms with Crippen molar-refractivity contribution in [2.24, 2.45) is 0 Å². The lowest BCUT2D eigenvalue weighted by Crippen LogP contribution is -2.27. The second-order valence-corrected chi connectivity index (χ2v) is 5.03. The monoisotopic (exact) mass is 284 g/mol. The molecule has 1 aliphatic heterocycles.